The van der Waals surface area contributed by atoms with Crippen molar-refractivity contribution < 1.29 is 4.39 Å². The summed E-state index contributed by atoms with van der Waals surface area (Å²) in [5, 5.41) is 7.99. The van der Waals surface area contributed by atoms with Gasteiger partial charge in [0.1, 0.15) is 5.82 Å². The fraction of sp³-hybridized carbons (Fsp3) is 0.471. The van der Waals surface area contributed by atoms with Gasteiger partial charge in [-0.2, -0.15) is 5.10 Å². The first-order chi connectivity index (χ1) is 10.1. The van der Waals surface area contributed by atoms with Crippen LogP contribution in [0.1, 0.15) is 49.4 Å². The largest absolute Gasteiger partial charge is 0.310 e. The van der Waals surface area contributed by atoms with Crippen LogP contribution in [0.25, 0.3) is 0 Å². The minimum Gasteiger partial charge on any atom is -0.310 e. The van der Waals surface area contributed by atoms with Crippen molar-refractivity contribution in [3.8, 4) is 0 Å². The third-order valence-electron chi connectivity index (χ3n) is 3.85. The highest BCUT2D eigenvalue weighted by Crippen LogP contribution is 2.41. The van der Waals surface area contributed by atoms with Gasteiger partial charge >= 0.3 is 0 Å². The van der Waals surface area contributed by atoms with Gasteiger partial charge < -0.3 is 5.32 Å². The van der Waals surface area contributed by atoms with Crippen molar-refractivity contribution in [2.24, 2.45) is 0 Å². The van der Waals surface area contributed by atoms with Crippen molar-refractivity contribution in [1.82, 2.24) is 15.1 Å². The highest BCUT2D eigenvalue weighted by atomic mass is 19.1. The van der Waals surface area contributed by atoms with E-state index in [0.29, 0.717) is 18.5 Å². The molecule has 3 nitrogen and oxygen atoms in total. The number of rotatable bonds is 6. The molecule has 1 aromatic heterocycles. The number of nitrogens with zero attached hydrogens (tertiary/aromatic N) is 2. The lowest BCUT2D eigenvalue weighted by Crippen LogP contribution is -2.22. The highest BCUT2D eigenvalue weighted by molar-refractivity contribution is 5.27. The molecule has 0 aliphatic heterocycles. The summed E-state index contributed by atoms with van der Waals surface area (Å²) in [7, 11) is 0. The van der Waals surface area contributed by atoms with E-state index in [4.69, 9.17) is 0 Å². The van der Waals surface area contributed by atoms with Crippen LogP contribution in [0.3, 0.4) is 0 Å². The fourth-order valence-electron chi connectivity index (χ4n) is 2.65. The van der Waals surface area contributed by atoms with Gasteiger partial charge in [0, 0.05) is 29.8 Å². The number of hydrogen-bond acceptors (Lipinski definition) is 2. The SMILES string of the molecule is CC(C)NCc1cnn(Cc2cccc(F)c2)c1C1CC1. The molecule has 1 aliphatic carbocycles. The molecule has 0 unspecified atom stereocenters. The third kappa shape index (κ3) is 3.50. The quantitative estimate of drug-likeness (QED) is 0.882. The summed E-state index contributed by atoms with van der Waals surface area (Å²) in [5.74, 6) is 0.444. The van der Waals surface area contributed by atoms with Crippen LogP contribution in [-0.2, 0) is 13.1 Å². The summed E-state index contributed by atoms with van der Waals surface area (Å²) in [6.07, 6.45) is 4.44. The van der Waals surface area contributed by atoms with E-state index < -0.39 is 0 Å². The summed E-state index contributed by atoms with van der Waals surface area (Å²) < 4.78 is 15.4. The zero-order valence-electron chi connectivity index (χ0n) is 12.6. The van der Waals surface area contributed by atoms with Gasteiger partial charge in [-0.05, 0) is 30.5 Å². The van der Waals surface area contributed by atoms with Crippen LogP contribution in [0.2, 0.25) is 0 Å². The van der Waals surface area contributed by atoms with Crippen molar-refractivity contribution in [3.05, 3.63) is 53.1 Å². The highest BCUT2D eigenvalue weighted by Gasteiger charge is 2.30. The molecule has 0 radical (unpaired) electrons. The van der Waals surface area contributed by atoms with Gasteiger partial charge in [0.2, 0.25) is 0 Å². The summed E-state index contributed by atoms with van der Waals surface area (Å²) in [5.41, 5.74) is 3.57. The molecule has 1 aliphatic rings. The summed E-state index contributed by atoms with van der Waals surface area (Å²) in [4.78, 5) is 0. The Morgan fingerprint density at radius 1 is 1.38 bits per heavy atom. The average Bonchev–Trinajstić information content (AvgIpc) is 3.19. The molecule has 0 bridgehead atoms. The van der Waals surface area contributed by atoms with Gasteiger partial charge in [-0.1, -0.05) is 26.0 Å². The Kier molecular flexibility index (Phi) is 4.06. The van der Waals surface area contributed by atoms with Gasteiger partial charge in [0.25, 0.3) is 0 Å². The normalized spacial score (nSPS) is 14.9. The molecule has 3 rings (SSSR count). The molecule has 1 saturated carbocycles. The van der Waals surface area contributed by atoms with Crippen molar-refractivity contribution >= 4 is 0 Å². The number of nitrogens with one attached hydrogen (secondary N) is 1. The predicted octanol–water partition coefficient (Wildman–Crippen LogP) is 3.45. The Morgan fingerprint density at radius 3 is 2.86 bits per heavy atom. The number of benzene rings is 1. The Labute approximate surface area is 125 Å². The summed E-state index contributed by atoms with van der Waals surface area (Å²) in [6, 6.07) is 7.24. The van der Waals surface area contributed by atoms with Gasteiger partial charge in [0.15, 0.2) is 0 Å². The van der Waals surface area contributed by atoms with Crippen LogP contribution in [0.5, 0.6) is 0 Å². The molecule has 1 heterocycles. The molecule has 1 aromatic carbocycles. The minimum atomic E-state index is -0.186. The van der Waals surface area contributed by atoms with E-state index in [1.807, 2.05) is 16.9 Å². The van der Waals surface area contributed by atoms with Crippen LogP contribution in [-0.4, -0.2) is 15.8 Å². The van der Waals surface area contributed by atoms with E-state index in [0.717, 1.165) is 12.1 Å². The molecule has 4 heteroatoms. The van der Waals surface area contributed by atoms with Crippen molar-refractivity contribution in [1.29, 1.82) is 0 Å². The molecular formula is C17H22FN3. The Hall–Kier alpha value is -1.68. The Bertz CT molecular complexity index is 614. The standard InChI is InChI=1S/C17H22FN3/c1-12(2)19-9-15-10-20-21(17(15)14-6-7-14)11-13-4-3-5-16(18)8-13/h3-5,8,10,12,14,19H,6-7,9,11H2,1-2H3. The van der Waals surface area contributed by atoms with Crippen LogP contribution >= 0.6 is 0 Å². The number of hydrogen-bond donors (Lipinski definition) is 1. The monoisotopic (exact) mass is 287 g/mol. The molecule has 112 valence electrons. The van der Waals surface area contributed by atoms with Crippen LogP contribution in [0.4, 0.5) is 4.39 Å². The van der Waals surface area contributed by atoms with E-state index in [9.17, 15) is 4.39 Å². The average molecular weight is 287 g/mol. The van der Waals surface area contributed by atoms with E-state index in [2.05, 4.69) is 24.3 Å². The smallest absolute Gasteiger partial charge is 0.123 e. The fourth-order valence-corrected chi connectivity index (χ4v) is 2.65. The molecule has 1 fully saturated rings. The number of aromatic nitrogens is 2. The lowest BCUT2D eigenvalue weighted by atomic mass is 10.1. The van der Waals surface area contributed by atoms with Crippen LogP contribution in [0.15, 0.2) is 30.5 Å². The van der Waals surface area contributed by atoms with Crippen LogP contribution in [0, 0.1) is 5.82 Å². The van der Waals surface area contributed by atoms with Crippen molar-refractivity contribution in [2.45, 2.75) is 51.7 Å². The molecule has 0 amide bonds. The second-order valence-electron chi connectivity index (χ2n) is 6.15. The maximum Gasteiger partial charge on any atom is 0.123 e. The zero-order valence-corrected chi connectivity index (χ0v) is 12.6. The van der Waals surface area contributed by atoms with Gasteiger partial charge in [-0.25, -0.2) is 4.39 Å². The molecule has 0 saturated heterocycles. The van der Waals surface area contributed by atoms with Crippen LogP contribution < -0.4 is 5.32 Å². The summed E-state index contributed by atoms with van der Waals surface area (Å²) in [6.45, 7) is 5.79. The predicted molar refractivity (Wildman–Crippen MR) is 81.7 cm³/mol. The third-order valence-corrected chi connectivity index (χ3v) is 3.85. The molecule has 0 atom stereocenters. The molecular weight excluding hydrogens is 265 g/mol. The van der Waals surface area contributed by atoms with Crippen molar-refractivity contribution in [3.63, 3.8) is 0 Å². The van der Waals surface area contributed by atoms with Gasteiger partial charge in [-0.3, -0.25) is 4.68 Å². The van der Waals surface area contributed by atoms with E-state index in [1.54, 1.807) is 12.1 Å². The maximum absolute atomic E-state index is 13.3. The van der Waals surface area contributed by atoms with E-state index in [1.165, 1.54) is 30.2 Å². The first kappa shape index (κ1) is 14.3. The molecule has 2 aromatic rings. The molecule has 21 heavy (non-hydrogen) atoms. The minimum absolute atomic E-state index is 0.186. The first-order valence-corrected chi connectivity index (χ1v) is 7.66. The second-order valence-corrected chi connectivity index (χ2v) is 6.15. The number of halogens is 1. The van der Waals surface area contributed by atoms with Crippen molar-refractivity contribution in [2.75, 3.05) is 0 Å². The van der Waals surface area contributed by atoms with E-state index >= 15 is 0 Å². The molecule has 1 N–H and O–H groups in total. The lowest BCUT2D eigenvalue weighted by Gasteiger charge is -2.11. The zero-order chi connectivity index (χ0) is 14.8. The van der Waals surface area contributed by atoms with Gasteiger partial charge in [-0.15, -0.1) is 0 Å². The first-order valence-electron chi connectivity index (χ1n) is 7.66. The molecule has 0 spiro atoms. The second kappa shape index (κ2) is 5.98. The summed E-state index contributed by atoms with van der Waals surface area (Å²) >= 11 is 0. The topological polar surface area (TPSA) is 29.9 Å². The Morgan fingerprint density at radius 2 is 2.19 bits per heavy atom. The van der Waals surface area contributed by atoms with Gasteiger partial charge in [0.05, 0.1) is 12.7 Å². The maximum atomic E-state index is 13.3. The Balaban J connectivity index is 1.81. The lowest BCUT2D eigenvalue weighted by molar-refractivity contribution is 0.581. The van der Waals surface area contributed by atoms with E-state index in [-0.39, 0.29) is 5.82 Å².